The van der Waals surface area contributed by atoms with Gasteiger partial charge in [0.2, 0.25) is 21.8 Å². The number of thiazole rings is 1. The van der Waals surface area contributed by atoms with Gasteiger partial charge in [0.1, 0.15) is 45.9 Å². The first kappa shape index (κ1) is 45.1. The normalized spacial score (nSPS) is 31.6. The maximum atomic E-state index is 15.6. The largest absolute Gasteiger partial charge is 0.491 e. The van der Waals surface area contributed by atoms with Gasteiger partial charge in [0.25, 0.3) is 5.91 Å². The fourth-order valence-electron chi connectivity index (χ4n) is 10.6. The lowest BCUT2D eigenvalue weighted by atomic mass is 9.83. The lowest BCUT2D eigenvalue weighted by Crippen LogP contribution is -2.61. The number of aromatic nitrogens is 2. The highest BCUT2D eigenvalue weighted by molar-refractivity contribution is 7.91. The minimum Gasteiger partial charge on any atom is -0.491 e. The van der Waals surface area contributed by atoms with Gasteiger partial charge in [-0.15, -0.1) is 11.3 Å². The third-order valence-corrected chi connectivity index (χ3v) is 17.0. The number of nitrogens with one attached hydrogen (secondary N) is 2. The minimum absolute atomic E-state index is 0.00246. The zero-order valence-electron chi connectivity index (χ0n) is 37.4. The molecule has 0 radical (unpaired) electrons. The zero-order chi connectivity index (χ0) is 45.8. The molecule has 348 valence electrons. The number of amides is 4. The number of carbonyl (C=O) groups excluding carboxylic acids is 3. The minimum atomic E-state index is -3.94. The number of benzene rings is 1. The predicted octanol–water partition coefficient (Wildman–Crippen LogP) is 7.04. The molecule has 4 heterocycles. The second-order valence-corrected chi connectivity index (χ2v) is 22.4. The standard InChI is InChI=1S/C48H60N6O9S2/c1-5-29-18-28(4)8-6-7-9-33-25-48(33,46(57)52-65(60,61)38-14-15-38)51-43(55)41-24-37(26-53(41)45(56)42(29)54(47(58)59)34-20-31-19-32(31)21-34)63-36-22-39(50-40(23-36)44-49-16-17-64-44)30-10-12-35(13-11-30)62-27(2)3/h7,9-13,16-17,22-23,27-29,31-34,37-38,41-42H,5-6,8,14-15,18-21,24-26H2,1-4H3,(H,51,55)(H,52,57)(H,58,59)/b9-7-/t28-,29-,31+,32?,33-,34?,37-,41+,42+,48-/m1/s1. The van der Waals surface area contributed by atoms with Crippen molar-refractivity contribution >= 4 is 45.2 Å². The number of ether oxygens (including phenoxy) is 2. The Morgan fingerprint density at radius 3 is 2.43 bits per heavy atom. The fraction of sp³-hybridized carbons (Fsp3) is 0.583. The third kappa shape index (κ3) is 9.63. The van der Waals surface area contributed by atoms with Crippen LogP contribution in [0.4, 0.5) is 4.79 Å². The monoisotopic (exact) mass is 928 g/mol. The van der Waals surface area contributed by atoms with Crippen molar-refractivity contribution in [2.24, 2.45) is 29.6 Å². The maximum absolute atomic E-state index is 15.6. The lowest BCUT2D eigenvalue weighted by Gasteiger charge is -2.41. The molecule has 2 aromatic heterocycles. The molecule has 0 spiro atoms. The summed E-state index contributed by atoms with van der Waals surface area (Å²) in [6.45, 7) is 8.00. The number of nitrogens with zero attached hydrogens (tertiary/aromatic N) is 4. The number of pyridine rings is 1. The van der Waals surface area contributed by atoms with Crippen LogP contribution in [0.3, 0.4) is 0 Å². The van der Waals surface area contributed by atoms with E-state index in [1.807, 2.05) is 68.6 Å². The molecule has 3 aromatic rings. The molecular weight excluding hydrogens is 869 g/mol. The number of rotatable bonds is 12. The van der Waals surface area contributed by atoms with Gasteiger partial charge in [-0.2, -0.15) is 0 Å². The number of allylic oxidation sites excluding steroid dienone is 1. The van der Waals surface area contributed by atoms with Gasteiger partial charge >= 0.3 is 6.09 Å². The van der Waals surface area contributed by atoms with E-state index < -0.39 is 68.7 Å². The molecule has 6 aliphatic rings. The molecule has 3 N–H and O–H groups in total. The topological polar surface area (TPSA) is 197 Å². The Hall–Kier alpha value is -5.03. The highest BCUT2D eigenvalue weighted by atomic mass is 32.2. The van der Waals surface area contributed by atoms with E-state index in [9.17, 15) is 27.9 Å². The summed E-state index contributed by atoms with van der Waals surface area (Å²) in [7, 11) is -3.94. The predicted molar refractivity (Wildman–Crippen MR) is 244 cm³/mol. The first-order valence-corrected chi connectivity index (χ1v) is 25.8. The van der Waals surface area contributed by atoms with E-state index >= 15 is 4.79 Å². The summed E-state index contributed by atoms with van der Waals surface area (Å²) < 4.78 is 41.1. The second kappa shape index (κ2) is 18.0. The number of carboxylic acid groups (broad SMARTS) is 1. The van der Waals surface area contributed by atoms with Crippen molar-refractivity contribution < 1.29 is 42.2 Å². The van der Waals surface area contributed by atoms with Crippen LogP contribution in [0.5, 0.6) is 11.5 Å². The Morgan fingerprint density at radius 2 is 1.77 bits per heavy atom. The summed E-state index contributed by atoms with van der Waals surface area (Å²) in [5.74, 6) is -0.478. The fourth-order valence-corrected chi connectivity index (χ4v) is 12.6. The van der Waals surface area contributed by atoms with Crippen LogP contribution < -0.4 is 19.5 Å². The molecule has 0 bridgehead atoms. The summed E-state index contributed by atoms with van der Waals surface area (Å²) in [5.41, 5.74) is 0.445. The van der Waals surface area contributed by atoms with E-state index in [0.717, 1.165) is 24.2 Å². The van der Waals surface area contributed by atoms with Crippen molar-refractivity contribution in [2.75, 3.05) is 6.54 Å². The quantitative estimate of drug-likeness (QED) is 0.158. The second-order valence-electron chi connectivity index (χ2n) is 19.6. The van der Waals surface area contributed by atoms with E-state index in [1.165, 1.54) is 21.1 Å². The molecule has 10 atom stereocenters. The van der Waals surface area contributed by atoms with Crippen LogP contribution in [-0.2, 0) is 24.4 Å². The first-order chi connectivity index (χ1) is 31.1. The van der Waals surface area contributed by atoms with Gasteiger partial charge < -0.3 is 24.8 Å². The molecule has 15 nitrogen and oxygen atoms in total. The molecule has 4 aliphatic carbocycles. The van der Waals surface area contributed by atoms with Crippen molar-refractivity contribution in [2.45, 2.75) is 139 Å². The Balaban J connectivity index is 1.08. The summed E-state index contributed by atoms with van der Waals surface area (Å²) in [4.78, 5) is 70.4. The van der Waals surface area contributed by atoms with Crippen LogP contribution in [0, 0.1) is 29.6 Å². The Kier molecular flexibility index (Phi) is 12.5. The zero-order valence-corrected chi connectivity index (χ0v) is 39.1. The highest BCUT2D eigenvalue weighted by Crippen LogP contribution is 2.54. The maximum Gasteiger partial charge on any atom is 0.408 e. The smallest absolute Gasteiger partial charge is 0.408 e. The van der Waals surface area contributed by atoms with Gasteiger partial charge in [-0.25, -0.2) is 23.2 Å². The third-order valence-electron chi connectivity index (χ3n) is 14.3. The molecule has 4 amide bonds. The number of sulfonamides is 1. The van der Waals surface area contributed by atoms with Gasteiger partial charge in [0, 0.05) is 47.7 Å². The molecular formula is C48H60N6O9S2. The Bertz CT molecular complexity index is 2420. The van der Waals surface area contributed by atoms with E-state index in [1.54, 1.807) is 12.3 Å². The number of hydrogen-bond donors (Lipinski definition) is 3. The number of fused-ring (bicyclic) bond motifs is 3. The summed E-state index contributed by atoms with van der Waals surface area (Å²) in [5, 5.41) is 15.9. The van der Waals surface area contributed by atoms with Crippen LogP contribution >= 0.6 is 11.3 Å². The summed E-state index contributed by atoms with van der Waals surface area (Å²) in [6.07, 6.45) is 9.91. The van der Waals surface area contributed by atoms with Gasteiger partial charge in [-0.3, -0.25) is 24.0 Å². The molecule has 1 aromatic carbocycles. The van der Waals surface area contributed by atoms with Crippen molar-refractivity contribution in [3.63, 3.8) is 0 Å². The van der Waals surface area contributed by atoms with Gasteiger partial charge in [-0.05, 0) is 120 Å². The van der Waals surface area contributed by atoms with Crippen molar-refractivity contribution in [1.29, 1.82) is 0 Å². The number of carbonyl (C=O) groups is 4. The van der Waals surface area contributed by atoms with Crippen LogP contribution in [0.1, 0.15) is 98.3 Å². The number of hydrogen-bond acceptors (Lipinski definition) is 11. The average molecular weight is 929 g/mol. The highest BCUT2D eigenvalue weighted by Gasteiger charge is 2.62. The van der Waals surface area contributed by atoms with Gasteiger partial charge in [0.05, 0.1) is 23.6 Å². The summed E-state index contributed by atoms with van der Waals surface area (Å²) in [6, 6.07) is 8.65. The van der Waals surface area contributed by atoms with Crippen LogP contribution in [0.2, 0.25) is 0 Å². The molecule has 4 saturated carbocycles. The molecule has 5 fully saturated rings. The van der Waals surface area contributed by atoms with E-state index in [4.69, 9.17) is 14.5 Å². The molecule has 65 heavy (non-hydrogen) atoms. The molecule has 2 aliphatic heterocycles. The van der Waals surface area contributed by atoms with E-state index in [-0.39, 0.29) is 43.4 Å². The van der Waals surface area contributed by atoms with Crippen LogP contribution in [0.15, 0.2) is 60.1 Å². The summed E-state index contributed by atoms with van der Waals surface area (Å²) >= 11 is 1.43. The van der Waals surface area contributed by atoms with Crippen molar-refractivity contribution in [1.82, 2.24) is 29.8 Å². The van der Waals surface area contributed by atoms with Crippen molar-refractivity contribution in [3.05, 3.63) is 60.1 Å². The molecule has 1 saturated heterocycles. The molecule has 17 heteroatoms. The van der Waals surface area contributed by atoms with Crippen LogP contribution in [-0.4, -0.2) is 105 Å². The molecule has 9 rings (SSSR count). The molecule has 2 unspecified atom stereocenters. The van der Waals surface area contributed by atoms with Crippen LogP contribution in [0.25, 0.3) is 22.0 Å². The van der Waals surface area contributed by atoms with Crippen molar-refractivity contribution in [3.8, 4) is 33.5 Å². The SMILES string of the molecule is CC[C@@H]1C[C@H](C)CC/C=C\[C@@H]2C[C@@]2(C(=O)NS(=O)(=O)C2CC2)NC(=O)[C@@H]2C[C@@H](Oc3cc(-c4ccc(OC(C)C)cc4)nc(-c4nccs4)c3)CN2C(=O)[C@H]1N(C(=O)O)C1CC2C[C@H]2C1. The first-order valence-electron chi connectivity index (χ1n) is 23.3. The average Bonchev–Trinajstić information content (AvgIpc) is 4.22. The van der Waals surface area contributed by atoms with E-state index in [2.05, 4.69) is 21.9 Å². The van der Waals surface area contributed by atoms with Gasteiger partial charge in [-0.1, -0.05) is 32.4 Å². The van der Waals surface area contributed by atoms with Gasteiger partial charge in [0.15, 0.2) is 0 Å². The Labute approximate surface area is 384 Å². The Morgan fingerprint density at radius 1 is 1.03 bits per heavy atom. The van der Waals surface area contributed by atoms with E-state index in [0.29, 0.717) is 78.9 Å². The lowest BCUT2D eigenvalue weighted by molar-refractivity contribution is -0.145.